The van der Waals surface area contributed by atoms with E-state index in [4.69, 9.17) is 10.2 Å². The van der Waals surface area contributed by atoms with E-state index in [0.29, 0.717) is 10.2 Å². The van der Waals surface area contributed by atoms with Crippen LogP contribution < -0.4 is 16.6 Å². The van der Waals surface area contributed by atoms with Crippen LogP contribution in [0, 0.1) is 0 Å². The zero-order valence-corrected chi connectivity index (χ0v) is 16.1. The Kier molecular flexibility index (Phi) is 5.77. The van der Waals surface area contributed by atoms with Crippen molar-refractivity contribution in [2.75, 3.05) is 16.8 Å². The van der Waals surface area contributed by atoms with Crippen molar-refractivity contribution >= 4 is 50.9 Å². The second-order valence-electron chi connectivity index (χ2n) is 5.27. The van der Waals surface area contributed by atoms with Gasteiger partial charge < -0.3 is 15.5 Å². The highest BCUT2D eigenvalue weighted by atomic mass is 79.9. The number of halogens is 1. The summed E-state index contributed by atoms with van der Waals surface area (Å²) < 4.78 is 5.49. The van der Waals surface area contributed by atoms with E-state index in [-0.39, 0.29) is 34.0 Å². The molecule has 0 unspecified atom stereocenters. The number of nitrogens with zero attached hydrogens (tertiary/aromatic N) is 1. The number of Topliss-reactive ketones (excluding diaryl/α,β-unsaturated/α-hetero) is 1. The fourth-order valence-corrected chi connectivity index (χ4v) is 3.18. The van der Waals surface area contributed by atoms with Gasteiger partial charge >= 0.3 is 0 Å². The Labute approximate surface area is 165 Å². The number of benzene rings is 1. The quantitative estimate of drug-likeness (QED) is 0.300. The molecule has 2 aromatic heterocycles. The van der Waals surface area contributed by atoms with Crippen molar-refractivity contribution in [3.05, 3.63) is 68.8 Å². The molecule has 138 valence electrons. The number of anilines is 2. The number of furan rings is 1. The molecule has 27 heavy (non-hydrogen) atoms. The lowest BCUT2D eigenvalue weighted by Crippen LogP contribution is -2.23. The second-order valence-corrected chi connectivity index (χ2v) is 7.01. The number of rotatable bonds is 6. The van der Waals surface area contributed by atoms with Crippen LogP contribution in [0.15, 0.2) is 61.5 Å². The number of amides is 1. The summed E-state index contributed by atoms with van der Waals surface area (Å²) in [6, 6.07) is 11.8. The lowest BCUT2D eigenvalue weighted by atomic mass is 10.2. The van der Waals surface area contributed by atoms with Gasteiger partial charge in [0.05, 0.1) is 5.75 Å². The fourth-order valence-electron chi connectivity index (χ4n) is 2.11. The number of nitrogens with one attached hydrogen (secondary N) is 2. The molecule has 0 aliphatic carbocycles. The monoisotopic (exact) mass is 448 g/mol. The van der Waals surface area contributed by atoms with Gasteiger partial charge in [-0.2, -0.15) is 0 Å². The number of thioether (sulfide) groups is 1. The number of aromatic nitrogens is 2. The summed E-state index contributed by atoms with van der Waals surface area (Å²) in [7, 11) is 0. The van der Waals surface area contributed by atoms with Crippen molar-refractivity contribution in [1.29, 1.82) is 0 Å². The van der Waals surface area contributed by atoms with Crippen molar-refractivity contribution in [2.45, 2.75) is 5.16 Å². The zero-order valence-electron chi connectivity index (χ0n) is 13.7. The Balaban J connectivity index is 1.70. The van der Waals surface area contributed by atoms with Gasteiger partial charge in [0.15, 0.2) is 32.9 Å². The zero-order chi connectivity index (χ0) is 19.4. The maximum Gasteiger partial charge on any atom is 0.291 e. The Morgan fingerprint density at radius 3 is 2.59 bits per heavy atom. The molecule has 0 aliphatic heterocycles. The van der Waals surface area contributed by atoms with E-state index in [2.05, 4.69) is 31.2 Å². The van der Waals surface area contributed by atoms with Crippen molar-refractivity contribution in [3.63, 3.8) is 0 Å². The largest absolute Gasteiger partial charge is 0.444 e. The number of carbonyl (C=O) groups is 2. The predicted molar refractivity (Wildman–Crippen MR) is 105 cm³/mol. The molecule has 0 spiro atoms. The lowest BCUT2D eigenvalue weighted by molar-refractivity contribution is 0.0993. The molecule has 10 heteroatoms. The van der Waals surface area contributed by atoms with E-state index < -0.39 is 11.5 Å². The van der Waals surface area contributed by atoms with Gasteiger partial charge in [-0.05, 0) is 28.1 Å². The first kappa shape index (κ1) is 18.9. The number of carbonyl (C=O) groups excluding carboxylic acids is 2. The minimum Gasteiger partial charge on any atom is -0.444 e. The molecule has 3 aromatic rings. The van der Waals surface area contributed by atoms with E-state index >= 15 is 0 Å². The standard InChI is InChI=1S/C17H13BrN4O4S/c18-12-7-6-11(26-12)15(24)20-13-14(19)21-17(22-16(13)25)27-8-10(23)9-4-2-1-3-5-9/h1-7H,8H2,(H,20,24)(H3,19,21,22,25). The fraction of sp³-hybridized carbons (Fsp3) is 0.0588. The smallest absolute Gasteiger partial charge is 0.291 e. The Bertz CT molecular complexity index is 1050. The number of H-pyrrole nitrogens is 1. The van der Waals surface area contributed by atoms with Gasteiger partial charge in [0.25, 0.3) is 11.5 Å². The third-order valence-electron chi connectivity index (χ3n) is 3.40. The molecule has 0 atom stereocenters. The molecule has 8 nitrogen and oxygen atoms in total. The molecule has 4 N–H and O–H groups in total. The van der Waals surface area contributed by atoms with Gasteiger partial charge in [-0.1, -0.05) is 42.1 Å². The molecule has 0 saturated heterocycles. The number of hydrogen-bond acceptors (Lipinski definition) is 7. The molecule has 0 fully saturated rings. The Morgan fingerprint density at radius 1 is 1.22 bits per heavy atom. The number of aromatic amines is 1. The van der Waals surface area contributed by atoms with Crippen LogP contribution >= 0.6 is 27.7 Å². The van der Waals surface area contributed by atoms with E-state index in [1.165, 1.54) is 6.07 Å². The van der Waals surface area contributed by atoms with Crippen LogP contribution in [0.2, 0.25) is 0 Å². The van der Waals surface area contributed by atoms with Crippen LogP contribution in [0.25, 0.3) is 0 Å². The molecule has 1 aromatic carbocycles. The summed E-state index contributed by atoms with van der Waals surface area (Å²) >= 11 is 4.13. The summed E-state index contributed by atoms with van der Waals surface area (Å²) in [5.41, 5.74) is 5.53. The van der Waals surface area contributed by atoms with Gasteiger partial charge in [-0.25, -0.2) is 4.98 Å². The number of nitrogens with two attached hydrogens (primary N) is 1. The first-order chi connectivity index (χ1) is 12.9. The van der Waals surface area contributed by atoms with Gasteiger partial charge in [0, 0.05) is 5.56 Å². The molecule has 0 radical (unpaired) electrons. The summed E-state index contributed by atoms with van der Waals surface area (Å²) in [5, 5.41) is 2.55. The number of hydrogen-bond donors (Lipinski definition) is 3. The van der Waals surface area contributed by atoms with Gasteiger partial charge in [-0.15, -0.1) is 0 Å². The SMILES string of the molecule is Nc1nc(SCC(=O)c2ccccc2)[nH]c(=O)c1NC(=O)c1ccc(Br)o1. The van der Waals surface area contributed by atoms with Crippen molar-refractivity contribution in [1.82, 2.24) is 9.97 Å². The first-order valence-corrected chi connectivity index (χ1v) is 9.39. The third kappa shape index (κ3) is 4.66. The highest BCUT2D eigenvalue weighted by Crippen LogP contribution is 2.19. The molecule has 3 rings (SSSR count). The maximum atomic E-state index is 12.2. The van der Waals surface area contributed by atoms with Gasteiger partial charge in [0.2, 0.25) is 0 Å². The van der Waals surface area contributed by atoms with Crippen molar-refractivity contribution in [3.8, 4) is 0 Å². The van der Waals surface area contributed by atoms with Gasteiger partial charge in [-0.3, -0.25) is 19.4 Å². The summed E-state index contributed by atoms with van der Waals surface area (Å²) in [6.07, 6.45) is 0. The van der Waals surface area contributed by atoms with E-state index in [1.807, 2.05) is 6.07 Å². The Hall–Kier alpha value is -2.85. The van der Waals surface area contributed by atoms with E-state index in [0.717, 1.165) is 11.8 Å². The van der Waals surface area contributed by atoms with E-state index in [9.17, 15) is 14.4 Å². The van der Waals surface area contributed by atoms with Crippen LogP contribution in [-0.2, 0) is 0 Å². The molecule has 2 heterocycles. The highest BCUT2D eigenvalue weighted by molar-refractivity contribution is 9.10. The van der Waals surface area contributed by atoms with Crippen molar-refractivity contribution < 1.29 is 14.0 Å². The topological polar surface area (TPSA) is 131 Å². The van der Waals surface area contributed by atoms with Crippen LogP contribution in [0.4, 0.5) is 11.5 Å². The minimum atomic E-state index is -0.639. The third-order valence-corrected chi connectivity index (χ3v) is 4.70. The summed E-state index contributed by atoms with van der Waals surface area (Å²) in [4.78, 5) is 42.9. The molecule has 0 aliphatic rings. The summed E-state index contributed by atoms with van der Waals surface area (Å²) in [6.45, 7) is 0. The first-order valence-electron chi connectivity index (χ1n) is 7.61. The van der Waals surface area contributed by atoms with Gasteiger partial charge in [0.1, 0.15) is 0 Å². The number of ketones is 1. The average Bonchev–Trinajstić information content (AvgIpc) is 3.10. The predicted octanol–water partition coefficient (Wildman–Crippen LogP) is 2.93. The molecular weight excluding hydrogens is 436 g/mol. The van der Waals surface area contributed by atoms with Crippen LogP contribution in [0.1, 0.15) is 20.9 Å². The average molecular weight is 449 g/mol. The Morgan fingerprint density at radius 2 is 1.96 bits per heavy atom. The minimum absolute atomic E-state index is 0.00702. The lowest BCUT2D eigenvalue weighted by Gasteiger charge is -2.07. The number of nitrogen functional groups attached to an aromatic ring is 1. The second kappa shape index (κ2) is 8.23. The van der Waals surface area contributed by atoms with Crippen LogP contribution in [0.5, 0.6) is 0 Å². The maximum absolute atomic E-state index is 12.2. The normalized spacial score (nSPS) is 10.6. The molecule has 1 amide bonds. The molecule has 0 bridgehead atoms. The summed E-state index contributed by atoms with van der Waals surface area (Å²) in [5.74, 6) is -0.819. The van der Waals surface area contributed by atoms with Crippen molar-refractivity contribution in [2.24, 2.45) is 0 Å². The molecule has 0 saturated carbocycles. The molecular formula is C17H13BrN4O4S. The highest BCUT2D eigenvalue weighted by Gasteiger charge is 2.17. The van der Waals surface area contributed by atoms with Crippen LogP contribution in [-0.4, -0.2) is 27.4 Å². The van der Waals surface area contributed by atoms with Crippen LogP contribution in [0.3, 0.4) is 0 Å². The van der Waals surface area contributed by atoms with E-state index in [1.54, 1.807) is 30.3 Å².